The van der Waals surface area contributed by atoms with Crippen molar-refractivity contribution in [1.29, 1.82) is 0 Å². The number of benzene rings is 1. The molecule has 1 aliphatic carbocycles. The smallest absolute Gasteiger partial charge is 0.375 e. The maximum absolute atomic E-state index is 12.8. The molecule has 2 aliphatic rings. The van der Waals surface area contributed by atoms with Crippen LogP contribution in [0.5, 0.6) is 0 Å². The molecule has 128 valence electrons. The highest BCUT2D eigenvalue weighted by molar-refractivity contribution is 5.32. The number of ether oxygens (including phenoxy) is 1. The summed E-state index contributed by atoms with van der Waals surface area (Å²) in [6.45, 7) is 1.21. The first kappa shape index (κ1) is 16.8. The van der Waals surface area contributed by atoms with E-state index in [4.69, 9.17) is 10.5 Å². The second-order valence-corrected chi connectivity index (χ2v) is 7.06. The lowest BCUT2D eigenvalue weighted by molar-refractivity contribution is -0.137. The van der Waals surface area contributed by atoms with Gasteiger partial charge in [0.25, 0.3) is 0 Å². The van der Waals surface area contributed by atoms with Crippen molar-refractivity contribution in [2.75, 3.05) is 13.2 Å². The van der Waals surface area contributed by atoms with Crippen LogP contribution >= 0.6 is 0 Å². The van der Waals surface area contributed by atoms with Crippen molar-refractivity contribution >= 4 is 0 Å². The summed E-state index contributed by atoms with van der Waals surface area (Å²) in [5.41, 5.74) is 6.00. The van der Waals surface area contributed by atoms with Gasteiger partial charge in [-0.3, -0.25) is 0 Å². The number of halogens is 3. The van der Waals surface area contributed by atoms with Gasteiger partial charge in [-0.25, -0.2) is 0 Å². The maximum Gasteiger partial charge on any atom is 0.416 e. The van der Waals surface area contributed by atoms with Crippen molar-refractivity contribution in [1.82, 2.24) is 0 Å². The first-order valence-corrected chi connectivity index (χ1v) is 8.41. The molecule has 0 unspecified atom stereocenters. The minimum absolute atomic E-state index is 0.0872. The largest absolute Gasteiger partial charge is 0.416 e. The van der Waals surface area contributed by atoms with Gasteiger partial charge in [0.15, 0.2) is 0 Å². The minimum Gasteiger partial charge on any atom is -0.375 e. The second-order valence-electron chi connectivity index (χ2n) is 7.06. The van der Waals surface area contributed by atoms with E-state index in [1.807, 2.05) is 0 Å². The van der Waals surface area contributed by atoms with E-state index in [0.717, 1.165) is 37.7 Å². The van der Waals surface area contributed by atoms with E-state index in [-0.39, 0.29) is 11.0 Å². The van der Waals surface area contributed by atoms with Crippen LogP contribution in [0.15, 0.2) is 24.3 Å². The Kier molecular flexibility index (Phi) is 4.45. The lowest BCUT2D eigenvalue weighted by Crippen LogP contribution is -2.46. The molecule has 2 nitrogen and oxygen atoms in total. The van der Waals surface area contributed by atoms with Crippen molar-refractivity contribution in [3.05, 3.63) is 35.4 Å². The summed E-state index contributed by atoms with van der Waals surface area (Å²) in [6, 6.07) is 5.69. The summed E-state index contributed by atoms with van der Waals surface area (Å²) < 4.78 is 44.5. The molecule has 0 radical (unpaired) electrons. The van der Waals surface area contributed by atoms with Gasteiger partial charge in [-0.15, -0.1) is 0 Å². The zero-order valence-corrected chi connectivity index (χ0v) is 13.3. The lowest BCUT2D eigenvalue weighted by atomic mass is 9.66. The van der Waals surface area contributed by atoms with Crippen molar-refractivity contribution in [3.8, 4) is 0 Å². The standard InChI is InChI=1S/C18H24F3NO/c19-18(20,21)15-5-3-14(4-6-15)16(9-11-22)10-12-23-17(13-16)7-1-2-8-17/h3-6H,1-2,7-13,22H2/t16-/m1/s1. The summed E-state index contributed by atoms with van der Waals surface area (Å²) in [5.74, 6) is 0. The molecule has 1 heterocycles. The third kappa shape index (κ3) is 3.26. The normalized spacial score (nSPS) is 27.5. The van der Waals surface area contributed by atoms with Crippen LogP contribution in [-0.2, 0) is 16.3 Å². The van der Waals surface area contributed by atoms with Gasteiger partial charge in [-0.2, -0.15) is 13.2 Å². The second kappa shape index (κ2) is 6.10. The Morgan fingerprint density at radius 1 is 1.04 bits per heavy atom. The molecule has 0 amide bonds. The summed E-state index contributed by atoms with van der Waals surface area (Å²) in [5, 5.41) is 0. The van der Waals surface area contributed by atoms with Crippen molar-refractivity contribution in [2.24, 2.45) is 5.73 Å². The Bertz CT molecular complexity index is 530. The van der Waals surface area contributed by atoms with Gasteiger partial charge in [-0.05, 0) is 56.3 Å². The molecule has 3 rings (SSSR count). The minimum atomic E-state index is -4.29. The average Bonchev–Trinajstić information content (AvgIpc) is 2.94. The number of alkyl halides is 3. The molecule has 1 saturated carbocycles. The fourth-order valence-electron chi connectivity index (χ4n) is 4.45. The molecule has 1 atom stereocenters. The first-order valence-electron chi connectivity index (χ1n) is 8.41. The maximum atomic E-state index is 12.8. The van der Waals surface area contributed by atoms with Crippen molar-refractivity contribution in [2.45, 2.75) is 62.1 Å². The summed E-state index contributed by atoms with van der Waals surface area (Å²) in [6.07, 6.45) is 2.67. The predicted molar refractivity (Wildman–Crippen MR) is 83.2 cm³/mol. The molecule has 0 bridgehead atoms. The molecular weight excluding hydrogens is 303 g/mol. The molecule has 2 N–H and O–H groups in total. The van der Waals surface area contributed by atoms with Crippen LogP contribution in [0.25, 0.3) is 0 Å². The van der Waals surface area contributed by atoms with Gasteiger partial charge < -0.3 is 10.5 Å². The van der Waals surface area contributed by atoms with E-state index < -0.39 is 11.7 Å². The molecule has 2 fully saturated rings. The first-order chi connectivity index (χ1) is 10.9. The number of hydrogen-bond donors (Lipinski definition) is 1. The summed E-state index contributed by atoms with van der Waals surface area (Å²) >= 11 is 0. The Balaban J connectivity index is 1.91. The number of hydrogen-bond acceptors (Lipinski definition) is 2. The van der Waals surface area contributed by atoms with Crippen molar-refractivity contribution < 1.29 is 17.9 Å². The Morgan fingerprint density at radius 3 is 2.26 bits per heavy atom. The van der Waals surface area contributed by atoms with Crippen LogP contribution in [-0.4, -0.2) is 18.8 Å². The van der Waals surface area contributed by atoms with Gasteiger partial charge in [0.2, 0.25) is 0 Å². The van der Waals surface area contributed by atoms with Crippen LogP contribution in [0.2, 0.25) is 0 Å². The monoisotopic (exact) mass is 327 g/mol. The molecule has 5 heteroatoms. The van der Waals surface area contributed by atoms with E-state index in [2.05, 4.69) is 0 Å². The average molecular weight is 327 g/mol. The van der Waals surface area contributed by atoms with Crippen LogP contribution < -0.4 is 5.73 Å². The highest BCUT2D eigenvalue weighted by atomic mass is 19.4. The van der Waals surface area contributed by atoms with Crippen LogP contribution in [0, 0.1) is 0 Å². The third-order valence-electron chi connectivity index (χ3n) is 5.61. The zero-order valence-electron chi connectivity index (χ0n) is 13.3. The number of rotatable bonds is 3. The topological polar surface area (TPSA) is 35.2 Å². The fraction of sp³-hybridized carbons (Fsp3) is 0.667. The molecule has 1 spiro atoms. The van der Waals surface area contributed by atoms with Crippen LogP contribution in [0.4, 0.5) is 13.2 Å². The predicted octanol–water partition coefficient (Wildman–Crippen LogP) is 4.42. The zero-order chi connectivity index (χ0) is 16.6. The van der Waals surface area contributed by atoms with Crippen LogP contribution in [0.1, 0.15) is 56.1 Å². The molecule has 23 heavy (non-hydrogen) atoms. The highest BCUT2D eigenvalue weighted by Crippen LogP contribution is 2.50. The van der Waals surface area contributed by atoms with Crippen molar-refractivity contribution in [3.63, 3.8) is 0 Å². The highest BCUT2D eigenvalue weighted by Gasteiger charge is 2.47. The summed E-state index contributed by atoms with van der Waals surface area (Å²) in [4.78, 5) is 0. The molecule has 0 aromatic heterocycles. The van der Waals surface area contributed by atoms with E-state index in [0.29, 0.717) is 13.2 Å². The number of nitrogens with two attached hydrogens (primary N) is 1. The van der Waals surface area contributed by atoms with Gasteiger partial charge in [0.1, 0.15) is 0 Å². The molecule has 1 saturated heterocycles. The fourth-order valence-corrected chi connectivity index (χ4v) is 4.45. The van der Waals surface area contributed by atoms with E-state index in [1.165, 1.54) is 25.0 Å². The van der Waals surface area contributed by atoms with Gasteiger partial charge in [0.05, 0.1) is 11.2 Å². The van der Waals surface area contributed by atoms with E-state index >= 15 is 0 Å². The Labute approximate surface area is 135 Å². The molecule has 1 aliphatic heterocycles. The lowest BCUT2D eigenvalue weighted by Gasteiger charge is -2.47. The van der Waals surface area contributed by atoms with E-state index in [9.17, 15) is 13.2 Å². The van der Waals surface area contributed by atoms with Gasteiger partial charge in [-0.1, -0.05) is 25.0 Å². The quantitative estimate of drug-likeness (QED) is 0.892. The Morgan fingerprint density at radius 2 is 1.70 bits per heavy atom. The molecule has 1 aromatic carbocycles. The van der Waals surface area contributed by atoms with Crippen LogP contribution in [0.3, 0.4) is 0 Å². The van der Waals surface area contributed by atoms with Gasteiger partial charge in [0, 0.05) is 12.0 Å². The summed E-state index contributed by atoms with van der Waals surface area (Å²) in [7, 11) is 0. The third-order valence-corrected chi connectivity index (χ3v) is 5.61. The molecular formula is C18H24F3NO. The SMILES string of the molecule is NCC[C@@]1(c2ccc(C(F)(F)F)cc2)CCOC2(CCCC2)C1. The van der Waals surface area contributed by atoms with Gasteiger partial charge >= 0.3 is 6.18 Å². The van der Waals surface area contributed by atoms with E-state index in [1.54, 1.807) is 12.1 Å². The Hall–Kier alpha value is -1.07. The molecule has 1 aromatic rings.